The summed E-state index contributed by atoms with van der Waals surface area (Å²) in [6, 6.07) is 5.04. The summed E-state index contributed by atoms with van der Waals surface area (Å²) >= 11 is 0. The SMILES string of the molecule is CCNC(Cc1ccc(CC)cn1)C1CCCC1C. The second kappa shape index (κ2) is 7.04. The maximum Gasteiger partial charge on any atom is 0.0419 e. The largest absolute Gasteiger partial charge is 0.314 e. The zero-order valence-corrected chi connectivity index (χ0v) is 12.7. The minimum atomic E-state index is 0.600. The highest BCUT2D eigenvalue weighted by atomic mass is 14.9. The molecule has 1 aliphatic carbocycles. The van der Waals surface area contributed by atoms with Crippen molar-refractivity contribution in [2.45, 2.75) is 58.9 Å². The van der Waals surface area contributed by atoms with Crippen molar-refractivity contribution in [3.05, 3.63) is 29.6 Å². The molecule has 0 radical (unpaired) electrons. The number of rotatable bonds is 6. The van der Waals surface area contributed by atoms with Crippen LogP contribution in [0.15, 0.2) is 18.3 Å². The van der Waals surface area contributed by atoms with E-state index in [1.54, 1.807) is 0 Å². The Balaban J connectivity index is 2.02. The fourth-order valence-electron chi connectivity index (χ4n) is 3.42. The number of hydrogen-bond acceptors (Lipinski definition) is 2. The molecule has 3 unspecified atom stereocenters. The molecule has 19 heavy (non-hydrogen) atoms. The van der Waals surface area contributed by atoms with Crippen molar-refractivity contribution in [1.29, 1.82) is 0 Å². The van der Waals surface area contributed by atoms with Gasteiger partial charge in [-0.1, -0.05) is 39.7 Å². The molecule has 0 aliphatic heterocycles. The van der Waals surface area contributed by atoms with Crippen molar-refractivity contribution < 1.29 is 0 Å². The molecule has 2 heteroatoms. The number of aryl methyl sites for hydroxylation is 1. The number of pyridine rings is 1. The van der Waals surface area contributed by atoms with Gasteiger partial charge in [0.25, 0.3) is 0 Å². The van der Waals surface area contributed by atoms with Gasteiger partial charge in [0.1, 0.15) is 0 Å². The van der Waals surface area contributed by atoms with Crippen LogP contribution in [-0.2, 0) is 12.8 Å². The number of likely N-dealkylation sites (N-methyl/N-ethyl adjacent to an activating group) is 1. The average Bonchev–Trinajstić information content (AvgIpc) is 2.85. The van der Waals surface area contributed by atoms with Crippen LogP contribution in [0.2, 0.25) is 0 Å². The molecule has 2 rings (SSSR count). The van der Waals surface area contributed by atoms with E-state index in [1.807, 2.05) is 6.20 Å². The zero-order valence-electron chi connectivity index (χ0n) is 12.7. The van der Waals surface area contributed by atoms with Gasteiger partial charge in [0.05, 0.1) is 0 Å². The van der Waals surface area contributed by atoms with E-state index < -0.39 is 0 Å². The van der Waals surface area contributed by atoms with Crippen LogP contribution in [0.1, 0.15) is 51.3 Å². The van der Waals surface area contributed by atoms with Crippen LogP contribution in [0, 0.1) is 11.8 Å². The molecule has 1 aromatic rings. The minimum Gasteiger partial charge on any atom is -0.314 e. The Morgan fingerprint density at radius 2 is 2.16 bits per heavy atom. The molecule has 0 saturated heterocycles. The van der Waals surface area contributed by atoms with Crippen molar-refractivity contribution >= 4 is 0 Å². The normalized spacial score (nSPS) is 24.6. The van der Waals surface area contributed by atoms with E-state index >= 15 is 0 Å². The van der Waals surface area contributed by atoms with Crippen LogP contribution in [-0.4, -0.2) is 17.6 Å². The number of hydrogen-bond donors (Lipinski definition) is 1. The van der Waals surface area contributed by atoms with Crippen LogP contribution in [0.25, 0.3) is 0 Å². The smallest absolute Gasteiger partial charge is 0.0419 e. The fraction of sp³-hybridized carbons (Fsp3) is 0.706. The van der Waals surface area contributed by atoms with Gasteiger partial charge in [-0.05, 0) is 42.9 Å². The van der Waals surface area contributed by atoms with Crippen molar-refractivity contribution in [3.63, 3.8) is 0 Å². The molecule has 1 N–H and O–H groups in total. The lowest BCUT2D eigenvalue weighted by molar-refractivity contribution is 0.297. The predicted octanol–water partition coefficient (Wildman–Crippen LogP) is 3.60. The maximum atomic E-state index is 4.63. The van der Waals surface area contributed by atoms with Crippen molar-refractivity contribution in [1.82, 2.24) is 10.3 Å². The third-order valence-electron chi connectivity index (χ3n) is 4.63. The van der Waals surface area contributed by atoms with Gasteiger partial charge in [0, 0.05) is 24.4 Å². The highest BCUT2D eigenvalue weighted by molar-refractivity contribution is 5.15. The number of aromatic nitrogens is 1. The van der Waals surface area contributed by atoms with Crippen molar-refractivity contribution in [2.24, 2.45) is 11.8 Å². The average molecular weight is 260 g/mol. The third-order valence-corrected chi connectivity index (χ3v) is 4.63. The summed E-state index contributed by atoms with van der Waals surface area (Å²) < 4.78 is 0. The molecular weight excluding hydrogens is 232 g/mol. The van der Waals surface area contributed by atoms with E-state index in [-0.39, 0.29) is 0 Å². The van der Waals surface area contributed by atoms with Gasteiger partial charge in [0.2, 0.25) is 0 Å². The molecule has 1 fully saturated rings. The summed E-state index contributed by atoms with van der Waals surface area (Å²) in [5.74, 6) is 1.69. The lowest BCUT2D eigenvalue weighted by Gasteiger charge is -2.27. The molecule has 1 aromatic heterocycles. The molecule has 0 bridgehead atoms. The van der Waals surface area contributed by atoms with Gasteiger partial charge in [-0.3, -0.25) is 4.98 Å². The quantitative estimate of drug-likeness (QED) is 0.845. The number of nitrogens with one attached hydrogen (secondary N) is 1. The van der Waals surface area contributed by atoms with Crippen LogP contribution in [0.3, 0.4) is 0 Å². The van der Waals surface area contributed by atoms with E-state index in [1.165, 1.54) is 30.5 Å². The van der Waals surface area contributed by atoms with E-state index in [9.17, 15) is 0 Å². The molecule has 1 heterocycles. The van der Waals surface area contributed by atoms with Crippen LogP contribution >= 0.6 is 0 Å². The van der Waals surface area contributed by atoms with Crippen LogP contribution < -0.4 is 5.32 Å². The molecular formula is C17H28N2. The highest BCUT2D eigenvalue weighted by Gasteiger charge is 2.30. The van der Waals surface area contributed by atoms with E-state index in [0.29, 0.717) is 6.04 Å². The second-order valence-corrected chi connectivity index (χ2v) is 5.95. The fourth-order valence-corrected chi connectivity index (χ4v) is 3.42. The summed E-state index contributed by atoms with van der Waals surface area (Å²) in [6.07, 6.45) is 8.36. The monoisotopic (exact) mass is 260 g/mol. The van der Waals surface area contributed by atoms with E-state index in [0.717, 1.165) is 31.2 Å². The predicted molar refractivity (Wildman–Crippen MR) is 81.3 cm³/mol. The summed E-state index contributed by atoms with van der Waals surface area (Å²) in [4.78, 5) is 4.63. The van der Waals surface area contributed by atoms with Gasteiger partial charge in [-0.2, -0.15) is 0 Å². The Kier molecular flexibility index (Phi) is 5.38. The van der Waals surface area contributed by atoms with Gasteiger partial charge >= 0.3 is 0 Å². The maximum absolute atomic E-state index is 4.63. The van der Waals surface area contributed by atoms with E-state index in [2.05, 4.69) is 43.2 Å². The molecule has 0 aromatic carbocycles. The Morgan fingerprint density at radius 3 is 2.68 bits per heavy atom. The second-order valence-electron chi connectivity index (χ2n) is 5.95. The minimum absolute atomic E-state index is 0.600. The first-order chi connectivity index (χ1) is 9.24. The lowest BCUT2D eigenvalue weighted by atomic mass is 9.87. The summed E-state index contributed by atoms with van der Waals surface area (Å²) in [5, 5.41) is 3.69. The third kappa shape index (κ3) is 3.79. The Labute approximate surface area is 118 Å². The summed E-state index contributed by atoms with van der Waals surface area (Å²) in [6.45, 7) is 7.86. The van der Waals surface area contributed by atoms with Crippen molar-refractivity contribution in [3.8, 4) is 0 Å². The first-order valence-corrected chi connectivity index (χ1v) is 7.91. The Morgan fingerprint density at radius 1 is 1.32 bits per heavy atom. The van der Waals surface area contributed by atoms with Crippen LogP contribution in [0.5, 0.6) is 0 Å². The molecule has 1 aliphatic rings. The Hall–Kier alpha value is -0.890. The summed E-state index contributed by atoms with van der Waals surface area (Å²) in [5.41, 5.74) is 2.57. The van der Waals surface area contributed by atoms with Gasteiger partial charge in [-0.25, -0.2) is 0 Å². The molecule has 0 amide bonds. The van der Waals surface area contributed by atoms with Crippen molar-refractivity contribution in [2.75, 3.05) is 6.54 Å². The molecule has 1 saturated carbocycles. The first-order valence-electron chi connectivity index (χ1n) is 7.91. The number of nitrogens with zero attached hydrogens (tertiary/aromatic N) is 1. The molecule has 106 valence electrons. The highest BCUT2D eigenvalue weighted by Crippen LogP contribution is 2.34. The first kappa shape index (κ1) is 14.5. The van der Waals surface area contributed by atoms with Gasteiger partial charge < -0.3 is 5.32 Å². The molecule has 2 nitrogen and oxygen atoms in total. The standard InChI is InChI=1S/C17H28N2/c1-4-14-9-10-15(19-12-14)11-17(18-5-2)16-8-6-7-13(16)3/h9-10,12-13,16-18H,4-8,11H2,1-3H3. The zero-order chi connectivity index (χ0) is 13.7. The molecule has 0 spiro atoms. The summed E-state index contributed by atoms with van der Waals surface area (Å²) in [7, 11) is 0. The van der Waals surface area contributed by atoms with Crippen LogP contribution in [0.4, 0.5) is 0 Å². The van der Waals surface area contributed by atoms with E-state index in [4.69, 9.17) is 0 Å². The Bertz CT molecular complexity index is 371. The van der Waals surface area contributed by atoms with Gasteiger partial charge in [0.15, 0.2) is 0 Å². The lowest BCUT2D eigenvalue weighted by Crippen LogP contribution is -2.39. The topological polar surface area (TPSA) is 24.9 Å². The van der Waals surface area contributed by atoms with Gasteiger partial charge in [-0.15, -0.1) is 0 Å². The molecule has 3 atom stereocenters.